The Morgan fingerprint density at radius 2 is 2.11 bits per heavy atom. The third-order valence-corrected chi connectivity index (χ3v) is 6.38. The van der Waals surface area contributed by atoms with Crippen LogP contribution in [0.3, 0.4) is 0 Å². The highest BCUT2D eigenvalue weighted by Crippen LogP contribution is 2.36. The van der Waals surface area contributed by atoms with Gasteiger partial charge in [-0.3, -0.25) is 4.99 Å². The Kier molecular flexibility index (Phi) is 6.77. The van der Waals surface area contributed by atoms with Gasteiger partial charge in [-0.05, 0) is 49.6 Å². The number of rotatable bonds is 7. The van der Waals surface area contributed by atoms with Crippen LogP contribution < -0.4 is 10.6 Å². The summed E-state index contributed by atoms with van der Waals surface area (Å²) in [5.41, 5.74) is 2.22. The molecule has 27 heavy (non-hydrogen) atoms. The van der Waals surface area contributed by atoms with Crippen molar-refractivity contribution >= 4 is 17.7 Å². The van der Waals surface area contributed by atoms with E-state index in [9.17, 15) is 0 Å². The van der Waals surface area contributed by atoms with Crippen molar-refractivity contribution in [2.45, 2.75) is 44.3 Å². The Balaban J connectivity index is 1.45. The van der Waals surface area contributed by atoms with Gasteiger partial charge in [-0.25, -0.2) is 0 Å². The standard InChI is InChI=1S/C20H29N5OS/c1-4-17-24-18(26-25-17)16-8-6-15(7-9-16)10-12-22-19(21-3)23-14-20(2)11-5-13-27-20/h6-9H,4-5,10-14H2,1-3H3,(H2,21,22,23). The van der Waals surface area contributed by atoms with E-state index in [4.69, 9.17) is 4.52 Å². The van der Waals surface area contributed by atoms with Crippen LogP contribution in [0.1, 0.15) is 38.1 Å². The van der Waals surface area contributed by atoms with Crippen molar-refractivity contribution in [3.05, 3.63) is 35.7 Å². The van der Waals surface area contributed by atoms with Crippen molar-refractivity contribution in [2.24, 2.45) is 4.99 Å². The van der Waals surface area contributed by atoms with Crippen LogP contribution in [0.5, 0.6) is 0 Å². The van der Waals surface area contributed by atoms with E-state index in [1.165, 1.54) is 24.2 Å². The van der Waals surface area contributed by atoms with Crippen LogP contribution in [-0.4, -0.2) is 46.7 Å². The average molecular weight is 388 g/mol. The van der Waals surface area contributed by atoms with E-state index in [1.54, 1.807) is 0 Å². The Morgan fingerprint density at radius 3 is 2.74 bits per heavy atom. The van der Waals surface area contributed by atoms with Crippen molar-refractivity contribution < 1.29 is 4.52 Å². The number of nitrogens with one attached hydrogen (secondary N) is 2. The van der Waals surface area contributed by atoms with Gasteiger partial charge >= 0.3 is 0 Å². The van der Waals surface area contributed by atoms with Gasteiger partial charge in [0, 0.05) is 36.9 Å². The maximum atomic E-state index is 5.29. The van der Waals surface area contributed by atoms with Gasteiger partial charge in [-0.2, -0.15) is 16.7 Å². The molecule has 7 heteroatoms. The molecule has 146 valence electrons. The first-order chi connectivity index (χ1) is 13.1. The fourth-order valence-corrected chi connectivity index (χ4v) is 4.37. The van der Waals surface area contributed by atoms with Gasteiger partial charge in [0.25, 0.3) is 5.89 Å². The van der Waals surface area contributed by atoms with E-state index in [1.807, 2.05) is 26.1 Å². The molecule has 2 aromatic rings. The van der Waals surface area contributed by atoms with E-state index in [0.29, 0.717) is 10.6 Å². The molecule has 1 unspecified atom stereocenters. The Hall–Kier alpha value is -2.02. The summed E-state index contributed by atoms with van der Waals surface area (Å²) in [6.45, 7) is 6.14. The summed E-state index contributed by atoms with van der Waals surface area (Å²) in [4.78, 5) is 8.70. The number of thioether (sulfide) groups is 1. The highest BCUT2D eigenvalue weighted by Gasteiger charge is 2.29. The highest BCUT2D eigenvalue weighted by atomic mass is 32.2. The van der Waals surface area contributed by atoms with Crippen molar-refractivity contribution in [1.82, 2.24) is 20.8 Å². The summed E-state index contributed by atoms with van der Waals surface area (Å²) in [6.07, 6.45) is 4.29. The maximum absolute atomic E-state index is 5.29. The highest BCUT2D eigenvalue weighted by molar-refractivity contribution is 8.00. The van der Waals surface area contributed by atoms with Crippen LogP contribution in [0.25, 0.3) is 11.5 Å². The summed E-state index contributed by atoms with van der Waals surface area (Å²) in [7, 11) is 1.82. The summed E-state index contributed by atoms with van der Waals surface area (Å²) in [5.74, 6) is 3.46. The van der Waals surface area contributed by atoms with E-state index in [2.05, 4.69) is 56.6 Å². The third kappa shape index (κ3) is 5.48. The van der Waals surface area contributed by atoms with E-state index >= 15 is 0 Å². The number of aliphatic imine (C=N–C) groups is 1. The molecule has 1 aliphatic heterocycles. The van der Waals surface area contributed by atoms with Gasteiger partial charge < -0.3 is 15.2 Å². The summed E-state index contributed by atoms with van der Waals surface area (Å²) < 4.78 is 5.62. The number of aryl methyl sites for hydroxylation is 1. The molecule has 2 heterocycles. The minimum atomic E-state index is 0.333. The maximum Gasteiger partial charge on any atom is 0.257 e. The lowest BCUT2D eigenvalue weighted by Crippen LogP contribution is -2.44. The molecule has 0 aliphatic carbocycles. The first-order valence-corrected chi connectivity index (χ1v) is 10.6. The fourth-order valence-electron chi connectivity index (χ4n) is 3.12. The number of hydrogen-bond acceptors (Lipinski definition) is 5. The van der Waals surface area contributed by atoms with Crippen LogP contribution in [0.15, 0.2) is 33.8 Å². The lowest BCUT2D eigenvalue weighted by molar-refractivity contribution is 0.423. The second-order valence-corrected chi connectivity index (χ2v) is 8.75. The van der Waals surface area contributed by atoms with Gasteiger partial charge in [-0.15, -0.1) is 0 Å². The van der Waals surface area contributed by atoms with Crippen LogP contribution in [0.4, 0.5) is 0 Å². The lowest BCUT2D eigenvalue weighted by Gasteiger charge is -2.24. The van der Waals surface area contributed by atoms with Gasteiger partial charge in [0.15, 0.2) is 11.8 Å². The van der Waals surface area contributed by atoms with Crippen molar-refractivity contribution in [3.63, 3.8) is 0 Å². The van der Waals surface area contributed by atoms with Crippen LogP contribution in [0.2, 0.25) is 0 Å². The molecule has 1 aromatic heterocycles. The topological polar surface area (TPSA) is 75.3 Å². The zero-order valence-electron chi connectivity index (χ0n) is 16.4. The van der Waals surface area contributed by atoms with Gasteiger partial charge in [0.05, 0.1) is 0 Å². The molecule has 0 amide bonds. The predicted octanol–water partition coefficient (Wildman–Crippen LogP) is 3.29. The molecular weight excluding hydrogens is 358 g/mol. The Morgan fingerprint density at radius 1 is 1.30 bits per heavy atom. The van der Waals surface area contributed by atoms with Crippen LogP contribution in [-0.2, 0) is 12.8 Å². The average Bonchev–Trinajstić information content (AvgIpc) is 3.34. The second kappa shape index (κ2) is 9.26. The van der Waals surface area contributed by atoms with Crippen molar-refractivity contribution in [3.8, 4) is 11.5 Å². The third-order valence-electron chi connectivity index (χ3n) is 4.85. The SMILES string of the molecule is CCc1noc(-c2ccc(CCNC(=NC)NCC3(C)CCCS3)cc2)n1. The molecule has 1 aliphatic rings. The normalized spacial score (nSPS) is 20.0. The molecule has 1 aromatic carbocycles. The summed E-state index contributed by atoms with van der Waals surface area (Å²) >= 11 is 2.06. The predicted molar refractivity (Wildman–Crippen MR) is 112 cm³/mol. The number of nitrogens with zero attached hydrogens (tertiary/aromatic N) is 3. The molecule has 0 bridgehead atoms. The second-order valence-electron chi connectivity index (χ2n) is 7.07. The smallest absolute Gasteiger partial charge is 0.257 e. The number of aromatic nitrogens is 2. The molecule has 1 fully saturated rings. The van der Waals surface area contributed by atoms with Crippen LogP contribution >= 0.6 is 11.8 Å². The summed E-state index contributed by atoms with van der Waals surface area (Å²) in [6, 6.07) is 8.29. The molecule has 2 N–H and O–H groups in total. The largest absolute Gasteiger partial charge is 0.356 e. The minimum absolute atomic E-state index is 0.333. The molecule has 1 saturated heterocycles. The fraction of sp³-hybridized carbons (Fsp3) is 0.550. The van der Waals surface area contributed by atoms with Gasteiger partial charge in [0.2, 0.25) is 0 Å². The Bertz CT molecular complexity index is 750. The first-order valence-electron chi connectivity index (χ1n) is 9.62. The van der Waals surface area contributed by atoms with Gasteiger partial charge in [0.1, 0.15) is 0 Å². The zero-order valence-corrected chi connectivity index (χ0v) is 17.2. The molecule has 1 atom stereocenters. The van der Waals surface area contributed by atoms with E-state index in [0.717, 1.165) is 43.3 Å². The zero-order chi connectivity index (χ0) is 19.1. The molecule has 0 spiro atoms. The van der Waals surface area contributed by atoms with Gasteiger partial charge in [-0.1, -0.05) is 24.2 Å². The molecule has 0 radical (unpaired) electrons. The lowest BCUT2D eigenvalue weighted by atomic mass is 10.1. The summed E-state index contributed by atoms with van der Waals surface area (Å²) in [5, 5.41) is 10.8. The quantitative estimate of drug-likeness (QED) is 0.561. The van der Waals surface area contributed by atoms with E-state index < -0.39 is 0 Å². The number of benzene rings is 1. The Labute approximate surface area is 165 Å². The molecule has 3 rings (SSSR count). The molecule has 6 nitrogen and oxygen atoms in total. The van der Waals surface area contributed by atoms with E-state index in [-0.39, 0.29) is 0 Å². The number of hydrogen-bond donors (Lipinski definition) is 2. The first kappa shape index (κ1) is 19.7. The van der Waals surface area contributed by atoms with Crippen molar-refractivity contribution in [2.75, 3.05) is 25.9 Å². The minimum Gasteiger partial charge on any atom is -0.356 e. The monoisotopic (exact) mass is 387 g/mol. The van der Waals surface area contributed by atoms with Crippen molar-refractivity contribution in [1.29, 1.82) is 0 Å². The molecular formula is C20H29N5OS. The van der Waals surface area contributed by atoms with Crippen LogP contribution in [0, 0.1) is 0 Å². The number of guanidine groups is 1. The molecule has 0 saturated carbocycles.